The van der Waals surface area contributed by atoms with Gasteiger partial charge in [0.05, 0.1) is 11.6 Å². The third kappa shape index (κ3) is 7.03. The molecule has 2 rings (SSSR count). The van der Waals surface area contributed by atoms with E-state index in [1.54, 1.807) is 18.2 Å². The van der Waals surface area contributed by atoms with Crippen molar-refractivity contribution in [3.8, 4) is 5.75 Å². The van der Waals surface area contributed by atoms with E-state index in [1.165, 1.54) is 36.0 Å². The molecule has 0 N–H and O–H groups in total. The van der Waals surface area contributed by atoms with Gasteiger partial charge in [-0.2, -0.15) is 0 Å². The Kier molecular flexibility index (Phi) is 8.87. The average Bonchev–Trinajstić information content (AvgIpc) is 2.66. The van der Waals surface area contributed by atoms with Gasteiger partial charge in [-0.15, -0.1) is 0 Å². The SMILES string of the molecule is CCCCC(CCCOc1ccc(C=O)cc1Cl)Cc1ccc(C)c(C)c1. The maximum atomic E-state index is 10.8. The lowest BCUT2D eigenvalue weighted by atomic mass is 9.89. The summed E-state index contributed by atoms with van der Waals surface area (Å²) in [6.07, 6.45) is 7.85. The molecule has 0 aliphatic carbocycles. The normalized spacial score (nSPS) is 12.0. The molecule has 0 radical (unpaired) electrons. The van der Waals surface area contributed by atoms with Crippen molar-refractivity contribution < 1.29 is 9.53 Å². The van der Waals surface area contributed by atoms with Crippen LogP contribution in [0.25, 0.3) is 0 Å². The smallest absolute Gasteiger partial charge is 0.150 e. The summed E-state index contributed by atoms with van der Waals surface area (Å²) in [5.74, 6) is 1.34. The lowest BCUT2D eigenvalue weighted by Crippen LogP contribution is -2.08. The Morgan fingerprint density at radius 3 is 2.48 bits per heavy atom. The Balaban J connectivity index is 1.86. The Bertz CT molecular complexity index is 739. The molecular formula is C24H31ClO2. The van der Waals surface area contributed by atoms with Crippen molar-refractivity contribution >= 4 is 17.9 Å². The van der Waals surface area contributed by atoms with Crippen LogP contribution in [0.1, 0.15) is 66.1 Å². The number of carbonyl (C=O) groups is 1. The van der Waals surface area contributed by atoms with E-state index < -0.39 is 0 Å². The summed E-state index contributed by atoms with van der Waals surface area (Å²) in [4.78, 5) is 10.8. The van der Waals surface area contributed by atoms with Crippen LogP contribution in [0, 0.1) is 19.8 Å². The second kappa shape index (κ2) is 11.1. The maximum absolute atomic E-state index is 10.8. The first-order chi connectivity index (χ1) is 13.0. The van der Waals surface area contributed by atoms with Gasteiger partial charge in [-0.05, 0) is 73.9 Å². The van der Waals surface area contributed by atoms with Crippen LogP contribution >= 0.6 is 11.6 Å². The van der Waals surface area contributed by atoms with Crippen LogP contribution < -0.4 is 4.74 Å². The zero-order chi connectivity index (χ0) is 19.6. The predicted molar refractivity (Wildman–Crippen MR) is 114 cm³/mol. The van der Waals surface area contributed by atoms with Crippen molar-refractivity contribution in [3.05, 3.63) is 63.7 Å². The molecule has 1 unspecified atom stereocenters. The van der Waals surface area contributed by atoms with Gasteiger partial charge in [0.1, 0.15) is 12.0 Å². The second-order valence-corrected chi connectivity index (χ2v) is 7.84. The molecule has 0 saturated carbocycles. The highest BCUT2D eigenvalue weighted by Crippen LogP contribution is 2.26. The molecule has 0 bridgehead atoms. The Morgan fingerprint density at radius 1 is 1.04 bits per heavy atom. The number of ether oxygens (including phenoxy) is 1. The molecule has 2 aromatic rings. The summed E-state index contributed by atoms with van der Waals surface area (Å²) in [5.41, 5.74) is 4.74. The monoisotopic (exact) mass is 386 g/mol. The van der Waals surface area contributed by atoms with Gasteiger partial charge in [0.15, 0.2) is 0 Å². The van der Waals surface area contributed by atoms with Gasteiger partial charge in [-0.1, -0.05) is 56.0 Å². The van der Waals surface area contributed by atoms with Crippen molar-refractivity contribution in [1.29, 1.82) is 0 Å². The van der Waals surface area contributed by atoms with Crippen molar-refractivity contribution in [2.24, 2.45) is 5.92 Å². The Hall–Kier alpha value is -1.80. The number of rotatable bonds is 11. The quantitative estimate of drug-likeness (QED) is 0.307. The fourth-order valence-corrected chi connectivity index (χ4v) is 3.61. The first-order valence-corrected chi connectivity index (χ1v) is 10.3. The van der Waals surface area contributed by atoms with E-state index in [9.17, 15) is 4.79 Å². The minimum absolute atomic E-state index is 0.497. The van der Waals surface area contributed by atoms with Crippen molar-refractivity contribution in [2.45, 2.75) is 59.3 Å². The van der Waals surface area contributed by atoms with E-state index in [4.69, 9.17) is 16.3 Å². The number of hydrogen-bond acceptors (Lipinski definition) is 2. The van der Waals surface area contributed by atoms with Gasteiger partial charge >= 0.3 is 0 Å². The molecular weight excluding hydrogens is 356 g/mol. The van der Waals surface area contributed by atoms with E-state index in [0.29, 0.717) is 28.9 Å². The van der Waals surface area contributed by atoms with Gasteiger partial charge in [-0.25, -0.2) is 0 Å². The van der Waals surface area contributed by atoms with Crippen LogP contribution in [0.3, 0.4) is 0 Å². The number of halogens is 1. The van der Waals surface area contributed by atoms with E-state index in [0.717, 1.165) is 25.5 Å². The fourth-order valence-electron chi connectivity index (χ4n) is 3.37. The van der Waals surface area contributed by atoms with Crippen molar-refractivity contribution in [2.75, 3.05) is 6.61 Å². The second-order valence-electron chi connectivity index (χ2n) is 7.43. The molecule has 0 fully saturated rings. The lowest BCUT2D eigenvalue weighted by Gasteiger charge is -2.18. The van der Waals surface area contributed by atoms with E-state index >= 15 is 0 Å². The van der Waals surface area contributed by atoms with Crippen LogP contribution in [-0.2, 0) is 6.42 Å². The summed E-state index contributed by atoms with van der Waals surface area (Å²) in [6, 6.07) is 12.0. The maximum Gasteiger partial charge on any atom is 0.150 e. The molecule has 146 valence electrons. The van der Waals surface area contributed by atoms with E-state index in [-0.39, 0.29) is 0 Å². The number of hydrogen-bond donors (Lipinski definition) is 0. The molecule has 2 nitrogen and oxygen atoms in total. The first-order valence-electron chi connectivity index (χ1n) is 9.97. The van der Waals surface area contributed by atoms with E-state index in [1.807, 2.05) is 0 Å². The van der Waals surface area contributed by atoms with Gasteiger partial charge in [0, 0.05) is 5.56 Å². The zero-order valence-electron chi connectivity index (χ0n) is 16.8. The summed E-state index contributed by atoms with van der Waals surface area (Å²) in [7, 11) is 0. The van der Waals surface area contributed by atoms with Gasteiger partial charge in [0.2, 0.25) is 0 Å². The van der Waals surface area contributed by atoms with Crippen LogP contribution in [0.4, 0.5) is 0 Å². The average molecular weight is 387 g/mol. The molecule has 1 atom stereocenters. The molecule has 0 aromatic heterocycles. The predicted octanol–water partition coefficient (Wildman–Crippen LogP) is 6.98. The summed E-state index contributed by atoms with van der Waals surface area (Å²) in [6.45, 7) is 7.25. The molecule has 0 aliphatic rings. The number of aldehydes is 1. The van der Waals surface area contributed by atoms with Crippen LogP contribution in [0.2, 0.25) is 5.02 Å². The van der Waals surface area contributed by atoms with Crippen LogP contribution in [-0.4, -0.2) is 12.9 Å². The van der Waals surface area contributed by atoms with Gasteiger partial charge in [-0.3, -0.25) is 4.79 Å². The molecule has 0 heterocycles. The molecule has 2 aromatic carbocycles. The largest absolute Gasteiger partial charge is 0.492 e. The minimum Gasteiger partial charge on any atom is -0.492 e. The Morgan fingerprint density at radius 2 is 1.81 bits per heavy atom. The molecule has 0 spiro atoms. The molecule has 0 amide bonds. The topological polar surface area (TPSA) is 26.3 Å². The minimum atomic E-state index is 0.497. The van der Waals surface area contributed by atoms with Crippen LogP contribution in [0.5, 0.6) is 5.75 Å². The Labute approximate surface area is 168 Å². The number of unbranched alkanes of at least 4 members (excludes halogenated alkanes) is 1. The third-order valence-electron chi connectivity index (χ3n) is 5.17. The lowest BCUT2D eigenvalue weighted by molar-refractivity contribution is 0.112. The number of aryl methyl sites for hydroxylation is 2. The third-order valence-corrected chi connectivity index (χ3v) is 5.46. The number of carbonyl (C=O) groups excluding carboxylic acids is 1. The standard InChI is InChI=1S/C24H31ClO2/c1-4-5-7-20(15-21-10-9-18(2)19(3)14-21)8-6-13-27-24-12-11-22(17-26)16-23(24)25/h9-12,14,16-17,20H,4-8,13,15H2,1-3H3. The summed E-state index contributed by atoms with van der Waals surface area (Å²) < 4.78 is 5.83. The van der Waals surface area contributed by atoms with Crippen LogP contribution in [0.15, 0.2) is 36.4 Å². The molecule has 0 aliphatic heterocycles. The summed E-state index contributed by atoms with van der Waals surface area (Å²) in [5, 5.41) is 0.497. The molecule has 27 heavy (non-hydrogen) atoms. The molecule has 0 saturated heterocycles. The van der Waals surface area contributed by atoms with Gasteiger partial charge < -0.3 is 4.74 Å². The fraction of sp³-hybridized carbons (Fsp3) is 0.458. The zero-order valence-corrected chi connectivity index (χ0v) is 17.5. The van der Waals surface area contributed by atoms with Crippen molar-refractivity contribution in [1.82, 2.24) is 0 Å². The first kappa shape index (κ1) is 21.5. The van der Waals surface area contributed by atoms with Gasteiger partial charge in [0.25, 0.3) is 0 Å². The van der Waals surface area contributed by atoms with E-state index in [2.05, 4.69) is 39.0 Å². The number of benzene rings is 2. The highest BCUT2D eigenvalue weighted by Gasteiger charge is 2.11. The molecule has 3 heteroatoms. The highest BCUT2D eigenvalue weighted by molar-refractivity contribution is 6.32. The van der Waals surface area contributed by atoms with Crippen molar-refractivity contribution in [3.63, 3.8) is 0 Å². The summed E-state index contributed by atoms with van der Waals surface area (Å²) >= 11 is 6.17. The highest BCUT2D eigenvalue weighted by atomic mass is 35.5.